The van der Waals surface area contributed by atoms with Gasteiger partial charge in [-0.3, -0.25) is 14.4 Å². The van der Waals surface area contributed by atoms with E-state index in [9.17, 15) is 24.0 Å². The van der Waals surface area contributed by atoms with E-state index in [0.29, 0.717) is 118 Å². The molecule has 19 nitrogen and oxygen atoms in total. The molecule has 2 aliphatic carbocycles. The van der Waals surface area contributed by atoms with Crippen LogP contribution in [0.3, 0.4) is 0 Å². The van der Waals surface area contributed by atoms with Crippen molar-refractivity contribution in [1.82, 2.24) is 4.98 Å². The third kappa shape index (κ3) is 24.3. The van der Waals surface area contributed by atoms with Gasteiger partial charge in [-0.1, -0.05) is 97.3 Å². The highest BCUT2D eigenvalue weighted by Crippen LogP contribution is 2.35. The van der Waals surface area contributed by atoms with Crippen LogP contribution in [0, 0.1) is 23.7 Å². The summed E-state index contributed by atoms with van der Waals surface area (Å²) in [7, 11) is 0. The minimum atomic E-state index is -0.563. The summed E-state index contributed by atoms with van der Waals surface area (Å²) in [5.41, 5.74) is 3.04. The summed E-state index contributed by atoms with van der Waals surface area (Å²) >= 11 is 1.50. The predicted molar refractivity (Wildman–Crippen MR) is 374 cm³/mol. The summed E-state index contributed by atoms with van der Waals surface area (Å²) in [6.45, 7) is 9.98. The third-order valence-corrected chi connectivity index (χ3v) is 18.2. The number of fused-ring (bicyclic) bond motifs is 1. The Balaban J connectivity index is 0.775. The molecular formula is C78H89N3O16S. The molecule has 0 bridgehead atoms. The Labute approximate surface area is 577 Å². The Kier molecular flexibility index (Phi) is 30.0. The quantitative estimate of drug-likeness (QED) is 0.00509. The smallest absolute Gasteiger partial charge is 0.330 e. The van der Waals surface area contributed by atoms with Gasteiger partial charge in [0.15, 0.2) is 11.5 Å². The summed E-state index contributed by atoms with van der Waals surface area (Å²) in [5.74, 6) is 0.549. The topological polar surface area (TPSA) is 215 Å². The zero-order valence-electron chi connectivity index (χ0n) is 55.6. The van der Waals surface area contributed by atoms with Crippen LogP contribution in [0.1, 0.15) is 138 Å². The lowest BCUT2D eigenvalue weighted by Crippen LogP contribution is -2.27. The van der Waals surface area contributed by atoms with Crippen molar-refractivity contribution in [2.45, 2.75) is 121 Å². The minimum Gasteiger partial charge on any atom is -0.494 e. The number of para-hydroxylation sites is 1. The average molecular weight is 1360 g/mol. The summed E-state index contributed by atoms with van der Waals surface area (Å²) in [4.78, 5) is 91.7. The lowest BCUT2D eigenvalue weighted by molar-refractivity contribution is -0.218. The molecule has 0 spiro atoms. The van der Waals surface area contributed by atoms with Crippen molar-refractivity contribution in [3.63, 3.8) is 0 Å². The molecule has 0 radical (unpaired) electrons. The first kappa shape index (κ1) is 72.9. The maximum Gasteiger partial charge on any atom is 0.330 e. The van der Waals surface area contributed by atoms with Crippen LogP contribution in [-0.4, -0.2) is 93.8 Å². The van der Waals surface area contributed by atoms with Crippen molar-refractivity contribution in [2.75, 3.05) is 57.8 Å². The Morgan fingerprint density at radius 2 is 0.969 bits per heavy atom. The first-order valence-electron chi connectivity index (χ1n) is 34.2. The van der Waals surface area contributed by atoms with E-state index < -0.39 is 17.9 Å². The number of nitrogens with zero attached hydrogens (tertiary/aromatic N) is 3. The molecule has 0 amide bonds. The Morgan fingerprint density at radius 1 is 0.500 bits per heavy atom. The monoisotopic (exact) mass is 1360 g/mol. The van der Waals surface area contributed by atoms with Crippen molar-refractivity contribution in [2.24, 2.45) is 28.8 Å². The lowest BCUT2D eigenvalue weighted by Gasteiger charge is -2.27. The van der Waals surface area contributed by atoms with E-state index in [2.05, 4.69) is 13.2 Å². The fourth-order valence-electron chi connectivity index (χ4n) is 11.5. The van der Waals surface area contributed by atoms with Gasteiger partial charge in [-0.25, -0.2) is 19.6 Å². The second kappa shape index (κ2) is 40.4. The summed E-state index contributed by atoms with van der Waals surface area (Å²) in [6.07, 6.45) is 17.7. The third-order valence-electron chi connectivity index (χ3n) is 17.1. The van der Waals surface area contributed by atoms with Crippen LogP contribution in [0.4, 0.5) is 5.13 Å². The Hall–Kier alpha value is -9.37. The van der Waals surface area contributed by atoms with Crippen LogP contribution in [-0.2, 0) is 48.0 Å². The number of carbonyl (C=O) groups is 5. The van der Waals surface area contributed by atoms with E-state index in [0.717, 1.165) is 110 Å². The Morgan fingerprint density at radius 3 is 1.52 bits per heavy atom. The molecule has 2 aliphatic rings. The number of rotatable bonds is 41. The highest BCUT2D eigenvalue weighted by atomic mass is 32.1. The summed E-state index contributed by atoms with van der Waals surface area (Å²) < 4.78 is 40.7. The molecule has 9 rings (SSSR count). The highest BCUT2D eigenvalue weighted by molar-refractivity contribution is 7.22. The van der Waals surface area contributed by atoms with Crippen LogP contribution in [0.2, 0.25) is 0 Å². The number of ether oxygens (including phenoxy) is 7. The number of hydrogen-bond acceptors (Lipinski definition) is 20. The van der Waals surface area contributed by atoms with Crippen LogP contribution >= 0.6 is 11.3 Å². The predicted octanol–water partition coefficient (Wildman–Crippen LogP) is 16.1. The molecule has 1 heterocycles. The molecule has 0 saturated heterocycles. The zero-order chi connectivity index (χ0) is 68.4. The van der Waals surface area contributed by atoms with Crippen molar-refractivity contribution < 1.29 is 76.7 Å². The fraction of sp³-hybridized carbons (Fsp3) is 0.397. The van der Waals surface area contributed by atoms with Crippen molar-refractivity contribution in [1.29, 1.82) is 0 Å². The second-order valence-electron chi connectivity index (χ2n) is 24.4. The van der Waals surface area contributed by atoms with Gasteiger partial charge in [0.1, 0.15) is 28.9 Å². The van der Waals surface area contributed by atoms with E-state index in [1.165, 1.54) is 17.4 Å². The van der Waals surface area contributed by atoms with Crippen molar-refractivity contribution in [3.8, 4) is 34.5 Å². The molecule has 6 aromatic carbocycles. The van der Waals surface area contributed by atoms with Gasteiger partial charge in [0.05, 0.1) is 74.5 Å². The van der Waals surface area contributed by atoms with Gasteiger partial charge in [-0.2, -0.15) is 14.9 Å². The molecule has 0 atom stereocenters. The fourth-order valence-corrected chi connectivity index (χ4v) is 12.5. The number of anilines is 1. The number of unbranched alkanes of at least 4 members (excludes halogenated alkanes) is 7. The molecule has 1 aromatic heterocycles. The molecule has 0 unspecified atom stereocenters. The summed E-state index contributed by atoms with van der Waals surface area (Å²) in [5, 5.41) is 7.50. The van der Waals surface area contributed by atoms with Crippen molar-refractivity contribution in [3.05, 3.63) is 194 Å². The second-order valence-corrected chi connectivity index (χ2v) is 25.4. The number of thiazole rings is 1. The SMILES string of the molecule is C=CC(=O)OCCCCCCOc1ccc(OOCC2CCC(C(=O)Oc3ccc(OOCC4CCC(C(=O)Oc5ccc(OCCCCCCOC(=O)C=C)cc5)CC4)c(/C=N/N(CCCCOC(=O)C(c4ccccc4)c4ccccc4)c4nc5ccccc5s4)c3)CC2)cc1. The molecule has 20 heteroatoms. The molecular weight excluding hydrogens is 1270 g/mol. The van der Waals surface area contributed by atoms with Crippen LogP contribution in [0.5, 0.6) is 34.5 Å². The maximum absolute atomic E-state index is 13.9. The van der Waals surface area contributed by atoms with E-state index in [4.69, 9.17) is 62.8 Å². The number of esters is 5. The first-order chi connectivity index (χ1) is 48.1. The molecule has 0 N–H and O–H groups in total. The molecule has 0 aliphatic heterocycles. The van der Waals surface area contributed by atoms with E-state index in [-0.39, 0.29) is 54.8 Å². The normalized spacial score (nSPS) is 16.0. The number of benzene rings is 6. The largest absolute Gasteiger partial charge is 0.494 e. The van der Waals surface area contributed by atoms with Crippen molar-refractivity contribution >= 4 is 62.7 Å². The number of hydrazone groups is 1. The van der Waals surface area contributed by atoms with Gasteiger partial charge < -0.3 is 42.9 Å². The standard InChI is InChI=1S/C78H89N3O16S/c1-3-72(82)89-50-20-7-5-18-48-87-64-37-41-66(42-38-64)94-75(84)61-33-31-58(32-34-61)56-93-97-70-46-45-68(95-76(85)62-35-29-57(30-36-62)55-92-96-67-43-39-65(40-44-67)88-49-19-6-8-21-51-90-73(83)4-2)53-63(70)54-79-81(78-80-69-27-15-16-28-71(69)98-78)47-17-22-52-91-77(86)74(59-23-11-9-12-24-59)60-25-13-10-14-26-60/h3-4,9-16,23-28,37-46,53-54,57-58,61-62,74H,1-2,5-8,17-22,29-36,47-52,55-56H2/b79-54+. The number of aromatic nitrogens is 1. The molecule has 98 heavy (non-hydrogen) atoms. The number of hydrogen-bond donors (Lipinski definition) is 0. The zero-order valence-corrected chi connectivity index (χ0v) is 56.4. The van der Waals surface area contributed by atoms with Gasteiger partial charge >= 0.3 is 29.8 Å². The van der Waals surface area contributed by atoms with E-state index in [1.807, 2.05) is 102 Å². The maximum atomic E-state index is 13.9. The van der Waals surface area contributed by atoms with Crippen LogP contribution < -0.4 is 33.7 Å². The van der Waals surface area contributed by atoms with Gasteiger partial charge in [0.2, 0.25) is 5.13 Å². The molecule has 2 saturated carbocycles. The lowest BCUT2D eigenvalue weighted by atomic mass is 9.82. The first-order valence-corrected chi connectivity index (χ1v) is 35.0. The van der Waals surface area contributed by atoms with Gasteiger partial charge in [0.25, 0.3) is 0 Å². The van der Waals surface area contributed by atoms with Gasteiger partial charge in [-0.15, -0.1) is 0 Å². The summed E-state index contributed by atoms with van der Waals surface area (Å²) in [6, 6.07) is 46.6. The average Bonchev–Trinajstić information content (AvgIpc) is 1.77. The highest BCUT2D eigenvalue weighted by Gasteiger charge is 2.31. The number of carbonyl (C=O) groups excluding carboxylic acids is 5. The molecule has 518 valence electrons. The van der Waals surface area contributed by atoms with Crippen LogP contribution in [0.15, 0.2) is 182 Å². The van der Waals surface area contributed by atoms with Gasteiger partial charge in [0, 0.05) is 24.3 Å². The van der Waals surface area contributed by atoms with Crippen LogP contribution in [0.25, 0.3) is 10.2 Å². The Bertz CT molecular complexity index is 3550. The van der Waals surface area contributed by atoms with Gasteiger partial charge in [-0.05, 0) is 217 Å². The van der Waals surface area contributed by atoms with E-state index in [1.54, 1.807) is 60.8 Å². The van der Waals surface area contributed by atoms with E-state index >= 15 is 0 Å². The molecule has 7 aromatic rings. The molecule has 2 fully saturated rings. The minimum absolute atomic E-state index is 0.120.